The molecule has 1 unspecified atom stereocenters. The summed E-state index contributed by atoms with van der Waals surface area (Å²) >= 11 is 0. The minimum atomic E-state index is -4.84. The van der Waals surface area contributed by atoms with Gasteiger partial charge in [0, 0.05) is 0 Å². The molecule has 0 saturated carbocycles. The van der Waals surface area contributed by atoms with E-state index in [9.17, 15) is 14.4 Å². The van der Waals surface area contributed by atoms with E-state index in [1.165, 1.54) is 0 Å². The average molecular weight is 228 g/mol. The van der Waals surface area contributed by atoms with Crippen molar-refractivity contribution < 1.29 is 18.9 Å². The van der Waals surface area contributed by atoms with Crippen LogP contribution in [0, 0.1) is 0 Å². The standard InChI is InChI=1S/C10H15O4P/c1-9(14-15(11,12)13)7-8-10-5-3-2-4-6-10/h2-6,9H,7-8H2,1H3,(H2,11,12,13)/p-2. The summed E-state index contributed by atoms with van der Waals surface area (Å²) in [5.41, 5.74) is 1.10. The Balaban J connectivity index is 2.35. The second-order valence-corrected chi connectivity index (χ2v) is 4.49. The van der Waals surface area contributed by atoms with Crippen molar-refractivity contribution in [1.82, 2.24) is 0 Å². The summed E-state index contributed by atoms with van der Waals surface area (Å²) in [5.74, 6) is 0. The van der Waals surface area contributed by atoms with E-state index in [2.05, 4.69) is 4.52 Å². The molecule has 15 heavy (non-hydrogen) atoms. The van der Waals surface area contributed by atoms with E-state index in [1.54, 1.807) is 6.92 Å². The van der Waals surface area contributed by atoms with Crippen LogP contribution in [0.4, 0.5) is 0 Å². The quantitative estimate of drug-likeness (QED) is 0.700. The first-order chi connectivity index (χ1) is 6.97. The normalized spacial score (nSPS) is 13.8. The van der Waals surface area contributed by atoms with Gasteiger partial charge in [0.15, 0.2) is 0 Å². The third-order valence-electron chi connectivity index (χ3n) is 1.99. The van der Waals surface area contributed by atoms with Crippen LogP contribution in [0.3, 0.4) is 0 Å². The molecular formula is C10H13O4P-2. The number of aryl methyl sites for hydroxylation is 1. The van der Waals surface area contributed by atoms with E-state index in [-0.39, 0.29) is 0 Å². The predicted molar refractivity (Wildman–Crippen MR) is 52.9 cm³/mol. The molecule has 84 valence electrons. The monoisotopic (exact) mass is 228 g/mol. The summed E-state index contributed by atoms with van der Waals surface area (Å²) in [6, 6.07) is 9.62. The summed E-state index contributed by atoms with van der Waals surface area (Å²) < 4.78 is 14.6. The predicted octanol–water partition coefficient (Wildman–Crippen LogP) is 0.853. The van der Waals surface area contributed by atoms with Crippen LogP contribution >= 0.6 is 7.82 Å². The number of hydrogen-bond donors (Lipinski definition) is 0. The molecule has 5 heteroatoms. The van der Waals surface area contributed by atoms with Crippen molar-refractivity contribution in [2.24, 2.45) is 0 Å². The Morgan fingerprint density at radius 3 is 2.47 bits per heavy atom. The Morgan fingerprint density at radius 2 is 1.93 bits per heavy atom. The lowest BCUT2D eigenvalue weighted by molar-refractivity contribution is -0.344. The van der Waals surface area contributed by atoms with Gasteiger partial charge in [-0.1, -0.05) is 30.3 Å². The van der Waals surface area contributed by atoms with Crippen LogP contribution in [-0.2, 0) is 15.5 Å². The maximum absolute atomic E-state index is 10.3. The second-order valence-electron chi connectivity index (χ2n) is 3.39. The largest absolute Gasteiger partial charge is 0.790 e. The highest BCUT2D eigenvalue weighted by Crippen LogP contribution is 2.28. The minimum absolute atomic E-state index is 0.512. The Hall–Kier alpha value is -0.670. The van der Waals surface area contributed by atoms with Crippen molar-refractivity contribution >= 4 is 7.82 Å². The number of hydrogen-bond acceptors (Lipinski definition) is 4. The molecule has 0 N–H and O–H groups in total. The lowest BCUT2D eigenvalue weighted by Crippen LogP contribution is -2.21. The molecule has 4 nitrogen and oxygen atoms in total. The van der Waals surface area contributed by atoms with Gasteiger partial charge in [-0.05, 0) is 25.3 Å². The van der Waals surface area contributed by atoms with Crippen molar-refractivity contribution in [3.8, 4) is 0 Å². The van der Waals surface area contributed by atoms with Gasteiger partial charge in [0.2, 0.25) is 0 Å². The van der Waals surface area contributed by atoms with E-state index in [1.807, 2.05) is 30.3 Å². The Bertz CT molecular complexity index is 333. The number of phosphoric acid groups is 1. The van der Waals surface area contributed by atoms with Gasteiger partial charge in [0.1, 0.15) is 0 Å². The first-order valence-corrected chi connectivity index (χ1v) is 6.18. The fourth-order valence-corrected chi connectivity index (χ4v) is 1.83. The maximum atomic E-state index is 10.3. The second kappa shape index (κ2) is 5.42. The molecule has 1 aromatic rings. The highest BCUT2D eigenvalue weighted by atomic mass is 31.2. The van der Waals surface area contributed by atoms with Gasteiger partial charge in [-0.25, -0.2) is 0 Å². The third kappa shape index (κ3) is 5.70. The van der Waals surface area contributed by atoms with Crippen LogP contribution in [0.1, 0.15) is 18.9 Å². The lowest BCUT2D eigenvalue weighted by atomic mass is 10.1. The van der Waals surface area contributed by atoms with Gasteiger partial charge in [-0.15, -0.1) is 0 Å². The SMILES string of the molecule is CC(CCc1ccccc1)OP(=O)([O-])[O-]. The zero-order valence-electron chi connectivity index (χ0n) is 8.46. The van der Waals surface area contributed by atoms with Crippen LogP contribution in [0.25, 0.3) is 0 Å². The molecule has 0 bridgehead atoms. The number of rotatable bonds is 5. The first kappa shape index (κ1) is 12.4. The zero-order valence-corrected chi connectivity index (χ0v) is 9.35. The Labute approximate surface area is 89.1 Å². The van der Waals surface area contributed by atoms with Gasteiger partial charge in [0.25, 0.3) is 0 Å². The topological polar surface area (TPSA) is 72.4 Å². The average Bonchev–Trinajstić information content (AvgIpc) is 2.14. The summed E-state index contributed by atoms with van der Waals surface area (Å²) in [6.45, 7) is 1.57. The Morgan fingerprint density at radius 1 is 1.33 bits per heavy atom. The van der Waals surface area contributed by atoms with Crippen LogP contribution < -0.4 is 9.79 Å². The summed E-state index contributed by atoms with van der Waals surface area (Å²) in [5, 5.41) is 0. The fourth-order valence-electron chi connectivity index (χ4n) is 1.29. The van der Waals surface area contributed by atoms with Crippen LogP contribution in [0.15, 0.2) is 30.3 Å². The molecule has 0 fully saturated rings. The molecule has 1 atom stereocenters. The lowest BCUT2D eigenvalue weighted by Gasteiger charge is -2.32. The maximum Gasteiger partial charge on any atom is 0.0602 e. The van der Waals surface area contributed by atoms with Gasteiger partial charge >= 0.3 is 0 Å². The molecule has 0 radical (unpaired) electrons. The van der Waals surface area contributed by atoms with Crippen LogP contribution in [0.5, 0.6) is 0 Å². The van der Waals surface area contributed by atoms with E-state index in [0.717, 1.165) is 5.56 Å². The van der Waals surface area contributed by atoms with Crippen molar-refractivity contribution in [2.45, 2.75) is 25.9 Å². The van der Waals surface area contributed by atoms with Crippen molar-refractivity contribution in [3.63, 3.8) is 0 Å². The molecule has 0 aliphatic rings. The van der Waals surface area contributed by atoms with E-state index in [4.69, 9.17) is 0 Å². The molecule has 1 aromatic carbocycles. The third-order valence-corrected chi connectivity index (χ3v) is 2.61. The molecule has 0 amide bonds. The molecule has 0 spiro atoms. The summed E-state index contributed by atoms with van der Waals surface area (Å²) in [7, 11) is -4.84. The van der Waals surface area contributed by atoms with Crippen LogP contribution in [-0.4, -0.2) is 6.10 Å². The van der Waals surface area contributed by atoms with Crippen molar-refractivity contribution in [2.75, 3.05) is 0 Å². The van der Waals surface area contributed by atoms with Crippen LogP contribution in [0.2, 0.25) is 0 Å². The van der Waals surface area contributed by atoms with E-state index < -0.39 is 13.9 Å². The number of phosphoric ester groups is 1. The van der Waals surface area contributed by atoms with Gasteiger partial charge in [0.05, 0.1) is 13.9 Å². The molecule has 0 saturated heterocycles. The smallest absolute Gasteiger partial charge is 0.0602 e. The zero-order chi connectivity index (χ0) is 11.3. The van der Waals surface area contributed by atoms with E-state index >= 15 is 0 Å². The Kier molecular flexibility index (Phi) is 4.48. The molecular weight excluding hydrogens is 215 g/mol. The highest BCUT2D eigenvalue weighted by molar-refractivity contribution is 7.43. The minimum Gasteiger partial charge on any atom is -0.790 e. The van der Waals surface area contributed by atoms with Gasteiger partial charge in [-0.3, -0.25) is 0 Å². The molecule has 0 aromatic heterocycles. The van der Waals surface area contributed by atoms with Gasteiger partial charge < -0.3 is 18.9 Å². The first-order valence-electron chi connectivity index (χ1n) is 4.72. The van der Waals surface area contributed by atoms with Gasteiger partial charge in [-0.2, -0.15) is 0 Å². The van der Waals surface area contributed by atoms with E-state index in [0.29, 0.717) is 12.8 Å². The molecule has 0 aliphatic heterocycles. The fraction of sp³-hybridized carbons (Fsp3) is 0.400. The molecule has 0 heterocycles. The molecule has 0 aliphatic carbocycles. The summed E-state index contributed by atoms with van der Waals surface area (Å²) in [4.78, 5) is 20.6. The molecule has 1 rings (SSSR count). The summed E-state index contributed by atoms with van der Waals surface area (Å²) in [6.07, 6.45) is 0.645. The van der Waals surface area contributed by atoms with Crippen molar-refractivity contribution in [1.29, 1.82) is 0 Å². The number of benzene rings is 1. The van der Waals surface area contributed by atoms with Crippen molar-refractivity contribution in [3.05, 3.63) is 35.9 Å². The highest BCUT2D eigenvalue weighted by Gasteiger charge is 2.04.